The van der Waals surface area contributed by atoms with Crippen LogP contribution in [0.5, 0.6) is 11.5 Å². The third-order valence-electron chi connectivity index (χ3n) is 3.47. The molecule has 1 aliphatic rings. The highest BCUT2D eigenvalue weighted by Crippen LogP contribution is 2.36. The molecule has 1 amide bonds. The molecule has 1 aromatic carbocycles. The molecule has 0 aliphatic carbocycles. The Morgan fingerprint density at radius 2 is 2.22 bits per heavy atom. The van der Waals surface area contributed by atoms with Crippen LogP contribution in [0, 0.1) is 5.82 Å². The van der Waals surface area contributed by atoms with E-state index >= 15 is 0 Å². The number of carbonyl (C=O) groups is 1. The van der Waals surface area contributed by atoms with Crippen LogP contribution in [0.4, 0.5) is 4.39 Å². The lowest BCUT2D eigenvalue weighted by atomic mass is 9.94. The Bertz CT molecular complexity index is 772. The minimum absolute atomic E-state index is 0.191. The van der Waals surface area contributed by atoms with Gasteiger partial charge in [0.05, 0.1) is 23.6 Å². The average molecular weight is 314 g/mol. The standard InChI is InChI=1S/C17H15FN2O3/c1-10-6-15(17(19)21)14-7-13(4-5-16(14)23-10)22-9-12-3-2-11(18)8-20-12/h2-8,15H,9H2,1H3,(H2,19,21). The number of benzene rings is 1. The number of halogens is 1. The molecule has 0 fully saturated rings. The SMILES string of the molecule is CC1=CC(C(N)=O)c2cc(OCc3ccc(F)cn3)ccc2O1. The molecule has 1 unspecified atom stereocenters. The van der Waals surface area contributed by atoms with E-state index in [0.29, 0.717) is 28.5 Å². The normalized spacial score (nSPS) is 16.1. The van der Waals surface area contributed by atoms with Crippen LogP contribution in [0.2, 0.25) is 0 Å². The van der Waals surface area contributed by atoms with E-state index in [4.69, 9.17) is 15.2 Å². The van der Waals surface area contributed by atoms with Gasteiger partial charge in [0.1, 0.15) is 23.9 Å². The largest absolute Gasteiger partial charge is 0.487 e. The lowest BCUT2D eigenvalue weighted by Gasteiger charge is -2.22. The molecule has 118 valence electrons. The van der Waals surface area contributed by atoms with Crippen LogP contribution < -0.4 is 15.2 Å². The second kappa shape index (κ2) is 6.08. The maximum Gasteiger partial charge on any atom is 0.229 e. The smallest absolute Gasteiger partial charge is 0.229 e. The molecule has 0 saturated heterocycles. The first kappa shape index (κ1) is 15.0. The Labute approximate surface area is 132 Å². The van der Waals surface area contributed by atoms with E-state index in [-0.39, 0.29) is 6.61 Å². The van der Waals surface area contributed by atoms with E-state index in [1.165, 1.54) is 6.07 Å². The van der Waals surface area contributed by atoms with Crippen LogP contribution in [-0.4, -0.2) is 10.9 Å². The van der Waals surface area contributed by atoms with E-state index in [9.17, 15) is 9.18 Å². The van der Waals surface area contributed by atoms with Crippen molar-refractivity contribution >= 4 is 5.91 Å². The first-order chi connectivity index (χ1) is 11.0. The van der Waals surface area contributed by atoms with Crippen LogP contribution in [0.3, 0.4) is 0 Å². The van der Waals surface area contributed by atoms with Crippen molar-refractivity contribution in [1.29, 1.82) is 0 Å². The Balaban J connectivity index is 1.80. The van der Waals surface area contributed by atoms with Gasteiger partial charge >= 0.3 is 0 Å². The summed E-state index contributed by atoms with van der Waals surface area (Å²) in [4.78, 5) is 15.5. The summed E-state index contributed by atoms with van der Waals surface area (Å²) in [6, 6.07) is 8.06. The van der Waals surface area contributed by atoms with E-state index < -0.39 is 17.6 Å². The van der Waals surface area contributed by atoms with Gasteiger partial charge in [-0.2, -0.15) is 0 Å². The van der Waals surface area contributed by atoms with Crippen LogP contribution in [0.15, 0.2) is 48.4 Å². The highest BCUT2D eigenvalue weighted by molar-refractivity contribution is 5.85. The number of primary amides is 1. The van der Waals surface area contributed by atoms with Crippen LogP contribution in [-0.2, 0) is 11.4 Å². The Hall–Kier alpha value is -2.89. The third-order valence-corrected chi connectivity index (χ3v) is 3.47. The fourth-order valence-electron chi connectivity index (χ4n) is 2.37. The lowest BCUT2D eigenvalue weighted by Crippen LogP contribution is -2.23. The maximum atomic E-state index is 12.8. The molecule has 5 nitrogen and oxygen atoms in total. The van der Waals surface area contributed by atoms with Crippen molar-refractivity contribution in [3.8, 4) is 11.5 Å². The van der Waals surface area contributed by atoms with Gasteiger partial charge < -0.3 is 15.2 Å². The number of ether oxygens (including phenoxy) is 2. The van der Waals surface area contributed by atoms with Crippen molar-refractivity contribution in [2.45, 2.75) is 19.4 Å². The number of carbonyl (C=O) groups excluding carboxylic acids is 1. The van der Waals surface area contributed by atoms with Gasteiger partial charge in [-0.25, -0.2) is 4.39 Å². The number of amides is 1. The zero-order valence-electron chi connectivity index (χ0n) is 12.5. The molecule has 1 aromatic heterocycles. The van der Waals surface area contributed by atoms with Gasteiger partial charge in [0.25, 0.3) is 0 Å². The molecule has 1 aliphatic heterocycles. The van der Waals surface area contributed by atoms with Gasteiger partial charge in [-0.1, -0.05) is 0 Å². The van der Waals surface area contributed by atoms with Gasteiger partial charge in [-0.15, -0.1) is 0 Å². The van der Waals surface area contributed by atoms with Gasteiger partial charge in [-0.3, -0.25) is 9.78 Å². The summed E-state index contributed by atoms with van der Waals surface area (Å²) in [5.74, 6) is 0.368. The Kier molecular flexibility index (Phi) is 3.97. The van der Waals surface area contributed by atoms with E-state index in [2.05, 4.69) is 4.98 Å². The van der Waals surface area contributed by atoms with Gasteiger partial charge in [-0.05, 0) is 43.3 Å². The minimum atomic E-state index is -0.550. The monoisotopic (exact) mass is 314 g/mol. The topological polar surface area (TPSA) is 74.4 Å². The second-order valence-corrected chi connectivity index (χ2v) is 5.22. The molecule has 0 bridgehead atoms. The fraction of sp³-hybridized carbons (Fsp3) is 0.176. The van der Waals surface area contributed by atoms with Gasteiger partial charge in [0, 0.05) is 5.56 Å². The van der Waals surface area contributed by atoms with E-state index in [1.807, 2.05) is 0 Å². The lowest BCUT2D eigenvalue weighted by molar-refractivity contribution is -0.118. The zero-order chi connectivity index (χ0) is 16.4. The first-order valence-electron chi connectivity index (χ1n) is 7.05. The predicted octanol–water partition coefficient (Wildman–Crippen LogP) is 2.66. The van der Waals surface area contributed by atoms with Crippen molar-refractivity contribution in [3.05, 3.63) is 65.4 Å². The average Bonchev–Trinajstić information content (AvgIpc) is 2.53. The second-order valence-electron chi connectivity index (χ2n) is 5.22. The maximum absolute atomic E-state index is 12.8. The molecule has 23 heavy (non-hydrogen) atoms. The van der Waals surface area contributed by atoms with Crippen LogP contribution >= 0.6 is 0 Å². The summed E-state index contributed by atoms with van der Waals surface area (Å²) in [6.45, 7) is 1.96. The molecular formula is C17H15FN2O3. The number of pyridine rings is 1. The number of nitrogens with two attached hydrogens (primary N) is 1. The first-order valence-corrected chi connectivity index (χ1v) is 7.05. The molecule has 2 heterocycles. The van der Waals surface area contributed by atoms with Crippen molar-refractivity contribution in [2.75, 3.05) is 0 Å². The third kappa shape index (κ3) is 3.31. The summed E-state index contributed by atoms with van der Waals surface area (Å²) in [6.07, 6.45) is 2.81. The molecule has 0 radical (unpaired) electrons. The number of allylic oxidation sites excluding steroid dienone is 1. The van der Waals surface area contributed by atoms with Crippen LogP contribution in [0.1, 0.15) is 24.1 Å². The number of fused-ring (bicyclic) bond motifs is 1. The number of aromatic nitrogens is 1. The van der Waals surface area contributed by atoms with Crippen LogP contribution in [0.25, 0.3) is 0 Å². The summed E-state index contributed by atoms with van der Waals surface area (Å²) in [5.41, 5.74) is 6.71. The van der Waals surface area contributed by atoms with Crippen molar-refractivity contribution in [3.63, 3.8) is 0 Å². The highest BCUT2D eigenvalue weighted by Gasteiger charge is 2.25. The predicted molar refractivity (Wildman–Crippen MR) is 81.3 cm³/mol. The summed E-state index contributed by atoms with van der Waals surface area (Å²) in [5, 5.41) is 0. The quantitative estimate of drug-likeness (QED) is 0.941. The number of nitrogens with zero attached hydrogens (tertiary/aromatic N) is 1. The van der Waals surface area contributed by atoms with Crippen molar-refractivity contribution < 1.29 is 18.7 Å². The van der Waals surface area contributed by atoms with E-state index in [0.717, 1.165) is 6.20 Å². The van der Waals surface area contributed by atoms with Crippen molar-refractivity contribution in [2.24, 2.45) is 5.73 Å². The van der Waals surface area contributed by atoms with E-state index in [1.54, 1.807) is 37.3 Å². The molecule has 2 aromatic rings. The molecule has 2 N–H and O–H groups in total. The molecule has 6 heteroatoms. The Morgan fingerprint density at radius 3 is 2.91 bits per heavy atom. The molecule has 0 spiro atoms. The number of hydrogen-bond acceptors (Lipinski definition) is 4. The summed E-state index contributed by atoms with van der Waals surface area (Å²) in [7, 11) is 0. The molecule has 1 atom stereocenters. The minimum Gasteiger partial charge on any atom is -0.487 e. The molecule has 0 saturated carbocycles. The summed E-state index contributed by atoms with van der Waals surface area (Å²) >= 11 is 0. The highest BCUT2D eigenvalue weighted by atomic mass is 19.1. The molecule has 3 rings (SSSR count). The van der Waals surface area contributed by atoms with Gasteiger partial charge in [0.15, 0.2) is 0 Å². The zero-order valence-corrected chi connectivity index (χ0v) is 12.5. The summed E-state index contributed by atoms with van der Waals surface area (Å²) < 4.78 is 24.0. The van der Waals surface area contributed by atoms with Gasteiger partial charge in [0.2, 0.25) is 5.91 Å². The van der Waals surface area contributed by atoms with Crippen molar-refractivity contribution in [1.82, 2.24) is 4.98 Å². The number of hydrogen-bond donors (Lipinski definition) is 1. The molecular weight excluding hydrogens is 299 g/mol. The number of rotatable bonds is 4. The Morgan fingerprint density at radius 1 is 1.39 bits per heavy atom. The fourth-order valence-corrected chi connectivity index (χ4v) is 2.37.